The van der Waals surface area contributed by atoms with Crippen LogP contribution in [0.15, 0.2) is 59.5 Å². The molecule has 7 heteroatoms. The Kier molecular flexibility index (Phi) is 4.60. The minimum atomic E-state index is -0.317. The first-order valence-electron chi connectivity index (χ1n) is 7.72. The summed E-state index contributed by atoms with van der Waals surface area (Å²) in [6.45, 7) is 1.08. The summed E-state index contributed by atoms with van der Waals surface area (Å²) in [5, 5.41) is 6.95. The molecule has 0 atom stereocenters. The van der Waals surface area contributed by atoms with E-state index in [0.717, 1.165) is 5.69 Å². The highest BCUT2D eigenvalue weighted by atomic mass is 16.2. The Morgan fingerprint density at radius 2 is 1.92 bits per heavy atom. The Balaban J connectivity index is 1.54. The van der Waals surface area contributed by atoms with Crippen molar-refractivity contribution >= 4 is 17.2 Å². The van der Waals surface area contributed by atoms with Gasteiger partial charge in [-0.1, -0.05) is 24.3 Å². The van der Waals surface area contributed by atoms with Crippen molar-refractivity contribution in [2.45, 2.75) is 6.54 Å². The van der Waals surface area contributed by atoms with E-state index < -0.39 is 0 Å². The topological polar surface area (TPSA) is 71.6 Å². The summed E-state index contributed by atoms with van der Waals surface area (Å²) in [4.78, 5) is 26.2. The quantitative estimate of drug-likeness (QED) is 0.726. The van der Waals surface area contributed by atoms with E-state index in [-0.39, 0.29) is 18.1 Å². The third-order valence-electron chi connectivity index (χ3n) is 3.75. The molecule has 2 heterocycles. The Morgan fingerprint density at radius 1 is 1.17 bits per heavy atom. The molecule has 2 aromatic heterocycles. The van der Waals surface area contributed by atoms with Gasteiger partial charge in [0.05, 0.1) is 0 Å². The summed E-state index contributed by atoms with van der Waals surface area (Å²) < 4.78 is 2.59. The summed E-state index contributed by atoms with van der Waals surface area (Å²) in [7, 11) is 1.97. The van der Waals surface area contributed by atoms with Crippen molar-refractivity contribution in [2.75, 3.05) is 25.0 Å². The number of rotatable bonds is 6. The first-order valence-corrected chi connectivity index (χ1v) is 7.72. The van der Waals surface area contributed by atoms with Crippen LogP contribution >= 0.6 is 0 Å². The Hall–Kier alpha value is -3.09. The van der Waals surface area contributed by atoms with Crippen LogP contribution in [-0.2, 0) is 11.3 Å². The van der Waals surface area contributed by atoms with Gasteiger partial charge in [-0.3, -0.25) is 9.20 Å². The number of nitrogens with zero attached hydrogens (tertiary/aromatic N) is 4. The summed E-state index contributed by atoms with van der Waals surface area (Å²) in [6.07, 6.45) is 1.63. The second-order valence-electron chi connectivity index (χ2n) is 5.48. The molecule has 0 saturated heterocycles. The van der Waals surface area contributed by atoms with Gasteiger partial charge < -0.3 is 10.2 Å². The number of benzene rings is 1. The highest BCUT2D eigenvalue weighted by molar-refractivity contribution is 5.75. The van der Waals surface area contributed by atoms with Gasteiger partial charge in [0.25, 0.3) is 0 Å². The van der Waals surface area contributed by atoms with E-state index in [1.165, 1.54) is 9.08 Å². The molecule has 3 aromatic rings. The Labute approximate surface area is 139 Å². The average Bonchev–Trinajstić information content (AvgIpc) is 2.92. The van der Waals surface area contributed by atoms with Crippen LogP contribution in [0.5, 0.6) is 0 Å². The number of hydrogen-bond acceptors (Lipinski definition) is 4. The van der Waals surface area contributed by atoms with Crippen molar-refractivity contribution < 1.29 is 4.79 Å². The molecule has 0 fully saturated rings. The smallest absolute Gasteiger partial charge is 0.350 e. The monoisotopic (exact) mass is 325 g/mol. The zero-order chi connectivity index (χ0) is 16.9. The van der Waals surface area contributed by atoms with Gasteiger partial charge in [0.2, 0.25) is 5.91 Å². The van der Waals surface area contributed by atoms with Gasteiger partial charge >= 0.3 is 5.69 Å². The maximum atomic E-state index is 12.1. The number of aromatic nitrogens is 3. The van der Waals surface area contributed by atoms with Crippen LogP contribution in [0, 0.1) is 0 Å². The summed E-state index contributed by atoms with van der Waals surface area (Å²) in [6, 6.07) is 15.2. The first kappa shape index (κ1) is 15.8. The highest BCUT2D eigenvalue weighted by Gasteiger charge is 2.10. The number of pyridine rings is 1. The standard InChI is InChI=1S/C17H19N5O2/c1-20(14-7-3-2-4-8-14)12-10-18-16(23)13-22-17(24)21-11-6-5-9-15(21)19-22/h2-9,11H,10,12-13H2,1H3,(H,18,23). The van der Waals surface area contributed by atoms with Crippen molar-refractivity contribution in [3.8, 4) is 0 Å². The van der Waals surface area contributed by atoms with Crippen LogP contribution in [0.25, 0.3) is 5.65 Å². The number of carbonyl (C=O) groups excluding carboxylic acids is 1. The normalized spacial score (nSPS) is 10.7. The molecule has 124 valence electrons. The molecule has 1 N–H and O–H groups in total. The maximum absolute atomic E-state index is 12.1. The molecule has 24 heavy (non-hydrogen) atoms. The van der Waals surface area contributed by atoms with Crippen molar-refractivity contribution in [1.82, 2.24) is 19.5 Å². The Bertz CT molecular complexity index is 885. The predicted molar refractivity (Wildman–Crippen MR) is 92.2 cm³/mol. The molecular weight excluding hydrogens is 306 g/mol. The molecule has 1 aromatic carbocycles. The molecule has 3 rings (SSSR count). The number of amides is 1. The average molecular weight is 325 g/mol. The molecule has 0 spiro atoms. The van der Waals surface area contributed by atoms with E-state index in [2.05, 4.69) is 15.3 Å². The van der Waals surface area contributed by atoms with E-state index in [1.54, 1.807) is 24.4 Å². The molecule has 0 bridgehead atoms. The Morgan fingerprint density at radius 3 is 2.67 bits per heavy atom. The maximum Gasteiger partial charge on any atom is 0.350 e. The molecule has 0 radical (unpaired) electrons. The molecule has 0 saturated carbocycles. The lowest BCUT2D eigenvalue weighted by Crippen LogP contribution is -2.37. The minimum absolute atomic E-state index is 0.0877. The third-order valence-corrected chi connectivity index (χ3v) is 3.75. The minimum Gasteiger partial charge on any atom is -0.373 e. The lowest BCUT2D eigenvalue weighted by molar-refractivity contribution is -0.121. The number of likely N-dealkylation sites (N-methyl/N-ethyl adjacent to an activating group) is 1. The molecular formula is C17H19N5O2. The van der Waals surface area contributed by atoms with Gasteiger partial charge in [0.15, 0.2) is 5.65 Å². The van der Waals surface area contributed by atoms with Crippen molar-refractivity contribution in [3.05, 3.63) is 65.2 Å². The fourth-order valence-corrected chi connectivity index (χ4v) is 2.44. The molecule has 0 aliphatic heterocycles. The van der Waals surface area contributed by atoms with E-state index >= 15 is 0 Å². The number of fused-ring (bicyclic) bond motifs is 1. The SMILES string of the molecule is CN(CCNC(=O)Cn1nc2ccccn2c1=O)c1ccccc1. The van der Waals surface area contributed by atoms with E-state index in [0.29, 0.717) is 18.7 Å². The second-order valence-corrected chi connectivity index (χ2v) is 5.48. The van der Waals surface area contributed by atoms with Gasteiger partial charge in [-0.2, -0.15) is 0 Å². The van der Waals surface area contributed by atoms with E-state index in [1.807, 2.05) is 37.4 Å². The van der Waals surface area contributed by atoms with Crippen LogP contribution in [0.1, 0.15) is 0 Å². The summed E-state index contributed by atoms with van der Waals surface area (Å²) in [5.74, 6) is -0.234. The summed E-state index contributed by atoms with van der Waals surface area (Å²) in [5.41, 5.74) is 1.30. The predicted octanol–water partition coefficient (Wildman–Crippen LogP) is 0.749. The molecule has 0 aliphatic carbocycles. The fourth-order valence-electron chi connectivity index (χ4n) is 2.44. The zero-order valence-electron chi connectivity index (χ0n) is 13.4. The largest absolute Gasteiger partial charge is 0.373 e. The highest BCUT2D eigenvalue weighted by Crippen LogP contribution is 2.09. The summed E-state index contributed by atoms with van der Waals surface area (Å²) >= 11 is 0. The number of para-hydroxylation sites is 1. The van der Waals surface area contributed by atoms with Crippen molar-refractivity contribution in [2.24, 2.45) is 0 Å². The zero-order valence-corrected chi connectivity index (χ0v) is 13.4. The van der Waals surface area contributed by atoms with Gasteiger partial charge in [-0.15, -0.1) is 5.10 Å². The van der Waals surface area contributed by atoms with Crippen LogP contribution in [0.2, 0.25) is 0 Å². The number of hydrogen-bond donors (Lipinski definition) is 1. The van der Waals surface area contributed by atoms with Gasteiger partial charge in [0.1, 0.15) is 6.54 Å². The molecule has 0 aliphatic rings. The van der Waals surface area contributed by atoms with E-state index in [4.69, 9.17) is 0 Å². The van der Waals surface area contributed by atoms with Crippen molar-refractivity contribution in [3.63, 3.8) is 0 Å². The first-order chi connectivity index (χ1) is 11.6. The van der Waals surface area contributed by atoms with Gasteiger partial charge in [0, 0.05) is 32.0 Å². The lowest BCUT2D eigenvalue weighted by atomic mass is 10.3. The van der Waals surface area contributed by atoms with Crippen molar-refractivity contribution in [1.29, 1.82) is 0 Å². The van der Waals surface area contributed by atoms with Crippen LogP contribution < -0.4 is 15.9 Å². The van der Waals surface area contributed by atoms with Crippen LogP contribution in [-0.4, -0.2) is 40.2 Å². The molecule has 1 amide bonds. The van der Waals surface area contributed by atoms with Crippen LogP contribution in [0.4, 0.5) is 5.69 Å². The third kappa shape index (κ3) is 3.45. The molecule has 0 unspecified atom stereocenters. The fraction of sp³-hybridized carbons (Fsp3) is 0.235. The number of nitrogens with one attached hydrogen (secondary N) is 1. The second kappa shape index (κ2) is 6.99. The van der Waals surface area contributed by atoms with E-state index in [9.17, 15) is 9.59 Å². The van der Waals surface area contributed by atoms with Gasteiger partial charge in [-0.05, 0) is 24.3 Å². The molecule has 7 nitrogen and oxygen atoms in total. The number of anilines is 1. The van der Waals surface area contributed by atoms with Crippen LogP contribution in [0.3, 0.4) is 0 Å². The van der Waals surface area contributed by atoms with Gasteiger partial charge in [-0.25, -0.2) is 9.48 Å². The number of carbonyl (C=O) groups is 1. The lowest BCUT2D eigenvalue weighted by Gasteiger charge is -2.19.